The van der Waals surface area contributed by atoms with Crippen LogP contribution in [0.2, 0.25) is 0 Å². The van der Waals surface area contributed by atoms with E-state index < -0.39 is 0 Å². The molecule has 0 atom stereocenters. The van der Waals surface area contributed by atoms with E-state index in [1.54, 1.807) is 0 Å². The molecule has 0 aromatic heterocycles. The third-order valence-electron chi connectivity index (χ3n) is 2.47. The van der Waals surface area contributed by atoms with Gasteiger partial charge in [-0.2, -0.15) is 0 Å². The van der Waals surface area contributed by atoms with E-state index >= 15 is 0 Å². The fraction of sp³-hybridized carbons (Fsp3) is 0.600. The van der Waals surface area contributed by atoms with Crippen LogP contribution in [0.1, 0.15) is 32.6 Å². The Balaban J connectivity index is 2.21. The quantitative estimate of drug-likeness (QED) is 0.558. The maximum atomic E-state index is 5.62. The van der Waals surface area contributed by atoms with Gasteiger partial charge in [-0.05, 0) is 30.4 Å². The maximum absolute atomic E-state index is 5.62. The molecule has 0 fully saturated rings. The summed E-state index contributed by atoms with van der Waals surface area (Å²) in [6.45, 7) is 3.03. The van der Waals surface area contributed by atoms with E-state index in [1.807, 2.05) is 0 Å². The van der Waals surface area contributed by atoms with Crippen molar-refractivity contribution in [3.63, 3.8) is 0 Å². The second-order valence-corrected chi connectivity index (χ2v) is 3.25. The molecule has 0 unspecified atom stereocenters. The zero-order chi connectivity index (χ0) is 7.68. The van der Waals surface area contributed by atoms with Crippen LogP contribution >= 0.6 is 0 Å². The fourth-order valence-corrected chi connectivity index (χ4v) is 1.73. The number of hydrogen-bond acceptors (Lipinski definition) is 1. The first-order valence-electron chi connectivity index (χ1n) is 4.44. The summed E-state index contributed by atoms with van der Waals surface area (Å²) in [5, 5.41) is 0. The van der Waals surface area contributed by atoms with Crippen LogP contribution in [0.3, 0.4) is 0 Å². The largest absolute Gasteiger partial charge is 0.493 e. The van der Waals surface area contributed by atoms with Crippen molar-refractivity contribution in [1.29, 1.82) is 0 Å². The van der Waals surface area contributed by atoms with Gasteiger partial charge in [0.25, 0.3) is 0 Å². The Morgan fingerprint density at radius 2 is 2.36 bits per heavy atom. The molecule has 1 aliphatic carbocycles. The van der Waals surface area contributed by atoms with Gasteiger partial charge in [0.1, 0.15) is 6.61 Å². The van der Waals surface area contributed by atoms with E-state index in [9.17, 15) is 0 Å². The molecule has 0 saturated heterocycles. The van der Waals surface area contributed by atoms with E-state index in [4.69, 9.17) is 4.74 Å². The molecule has 1 nitrogen and oxygen atoms in total. The van der Waals surface area contributed by atoms with Crippen LogP contribution in [-0.4, -0.2) is 6.61 Å². The van der Waals surface area contributed by atoms with Crippen LogP contribution in [-0.2, 0) is 4.74 Å². The highest BCUT2D eigenvalue weighted by Gasteiger charge is 2.18. The van der Waals surface area contributed by atoms with Gasteiger partial charge in [-0.1, -0.05) is 13.0 Å². The highest BCUT2D eigenvalue weighted by Crippen LogP contribution is 2.32. The Morgan fingerprint density at radius 3 is 3.18 bits per heavy atom. The lowest BCUT2D eigenvalue weighted by atomic mass is 10.1. The third kappa shape index (κ3) is 1.20. The van der Waals surface area contributed by atoms with Crippen LogP contribution in [0.25, 0.3) is 0 Å². The average Bonchev–Trinajstić information content (AvgIpc) is 2.50. The Bertz CT molecular complexity index is 223. The lowest BCUT2D eigenvalue weighted by Crippen LogP contribution is -2.03. The van der Waals surface area contributed by atoms with Gasteiger partial charge in [0.2, 0.25) is 0 Å². The van der Waals surface area contributed by atoms with E-state index in [1.165, 1.54) is 36.2 Å². The summed E-state index contributed by atoms with van der Waals surface area (Å²) < 4.78 is 5.62. The molecule has 1 aliphatic heterocycles. The van der Waals surface area contributed by atoms with Gasteiger partial charge < -0.3 is 4.74 Å². The molecule has 0 radical (unpaired) electrons. The standard InChI is InChI=1S/C10H14O/c1-2-8-6-9-4-3-5-10(9)11-7-8/h6H,2-5,7H2,1H3. The average molecular weight is 150 g/mol. The minimum atomic E-state index is 0.843. The predicted molar refractivity (Wildman–Crippen MR) is 45.2 cm³/mol. The highest BCUT2D eigenvalue weighted by atomic mass is 16.5. The minimum absolute atomic E-state index is 0.843. The van der Waals surface area contributed by atoms with Gasteiger partial charge in [-0.25, -0.2) is 0 Å². The van der Waals surface area contributed by atoms with Gasteiger partial charge in [0, 0.05) is 6.42 Å². The summed E-state index contributed by atoms with van der Waals surface area (Å²) in [7, 11) is 0. The smallest absolute Gasteiger partial charge is 0.109 e. The van der Waals surface area contributed by atoms with Crippen molar-refractivity contribution >= 4 is 0 Å². The Labute approximate surface area is 67.7 Å². The molecule has 0 aromatic carbocycles. The monoisotopic (exact) mass is 150 g/mol. The molecule has 1 heteroatoms. The zero-order valence-corrected chi connectivity index (χ0v) is 7.02. The number of allylic oxidation sites excluding steroid dienone is 3. The molecule has 0 amide bonds. The Hall–Kier alpha value is -0.720. The SMILES string of the molecule is CCC1=CC2=C(CCC2)OC1. The predicted octanol–water partition coefficient (Wildman–Crippen LogP) is 2.79. The summed E-state index contributed by atoms with van der Waals surface area (Å²) >= 11 is 0. The van der Waals surface area contributed by atoms with Crippen molar-refractivity contribution in [1.82, 2.24) is 0 Å². The topological polar surface area (TPSA) is 9.23 Å². The van der Waals surface area contributed by atoms with E-state index in [-0.39, 0.29) is 0 Å². The lowest BCUT2D eigenvalue weighted by Gasteiger charge is -2.15. The Kier molecular flexibility index (Phi) is 1.72. The van der Waals surface area contributed by atoms with E-state index in [0.717, 1.165) is 13.0 Å². The summed E-state index contributed by atoms with van der Waals surface area (Å²) in [5.74, 6) is 1.27. The van der Waals surface area contributed by atoms with E-state index in [2.05, 4.69) is 13.0 Å². The summed E-state index contributed by atoms with van der Waals surface area (Å²) in [4.78, 5) is 0. The molecule has 0 aromatic rings. The van der Waals surface area contributed by atoms with Crippen LogP contribution in [0.15, 0.2) is 23.0 Å². The van der Waals surface area contributed by atoms with Crippen molar-refractivity contribution in [2.24, 2.45) is 0 Å². The van der Waals surface area contributed by atoms with Gasteiger partial charge >= 0.3 is 0 Å². The van der Waals surface area contributed by atoms with Gasteiger partial charge in [-0.3, -0.25) is 0 Å². The zero-order valence-electron chi connectivity index (χ0n) is 7.02. The Morgan fingerprint density at radius 1 is 1.45 bits per heavy atom. The molecular weight excluding hydrogens is 136 g/mol. The molecule has 0 bridgehead atoms. The highest BCUT2D eigenvalue weighted by molar-refractivity contribution is 5.32. The van der Waals surface area contributed by atoms with Gasteiger partial charge in [0.15, 0.2) is 0 Å². The molecular formula is C10H14O. The molecule has 1 heterocycles. The second-order valence-electron chi connectivity index (χ2n) is 3.25. The van der Waals surface area contributed by atoms with Crippen LogP contribution in [0.4, 0.5) is 0 Å². The molecule has 60 valence electrons. The van der Waals surface area contributed by atoms with Crippen LogP contribution < -0.4 is 0 Å². The van der Waals surface area contributed by atoms with Gasteiger partial charge in [0.05, 0.1) is 5.76 Å². The minimum Gasteiger partial charge on any atom is -0.493 e. The fourth-order valence-electron chi connectivity index (χ4n) is 1.73. The first-order chi connectivity index (χ1) is 5.40. The molecule has 0 N–H and O–H groups in total. The first-order valence-corrected chi connectivity index (χ1v) is 4.44. The van der Waals surface area contributed by atoms with Crippen molar-refractivity contribution in [2.45, 2.75) is 32.6 Å². The normalized spacial score (nSPS) is 22.8. The first kappa shape index (κ1) is 6.96. The van der Waals surface area contributed by atoms with Gasteiger partial charge in [-0.15, -0.1) is 0 Å². The number of ether oxygens (including phenoxy) is 1. The third-order valence-corrected chi connectivity index (χ3v) is 2.47. The van der Waals surface area contributed by atoms with Crippen molar-refractivity contribution in [3.8, 4) is 0 Å². The number of hydrogen-bond donors (Lipinski definition) is 0. The summed E-state index contributed by atoms with van der Waals surface area (Å²) in [6.07, 6.45) is 7.17. The van der Waals surface area contributed by atoms with Crippen LogP contribution in [0.5, 0.6) is 0 Å². The van der Waals surface area contributed by atoms with E-state index in [0.29, 0.717) is 0 Å². The van der Waals surface area contributed by atoms with Crippen molar-refractivity contribution in [2.75, 3.05) is 6.61 Å². The number of rotatable bonds is 1. The second kappa shape index (κ2) is 2.72. The van der Waals surface area contributed by atoms with Crippen molar-refractivity contribution in [3.05, 3.63) is 23.0 Å². The lowest BCUT2D eigenvalue weighted by molar-refractivity contribution is 0.224. The van der Waals surface area contributed by atoms with Crippen LogP contribution in [0, 0.1) is 0 Å². The summed E-state index contributed by atoms with van der Waals surface area (Å²) in [5.41, 5.74) is 2.92. The molecule has 0 spiro atoms. The molecule has 2 rings (SSSR count). The van der Waals surface area contributed by atoms with Crippen molar-refractivity contribution < 1.29 is 4.74 Å². The molecule has 0 saturated carbocycles. The molecule has 11 heavy (non-hydrogen) atoms. The molecule has 2 aliphatic rings. The maximum Gasteiger partial charge on any atom is 0.109 e. The summed E-state index contributed by atoms with van der Waals surface area (Å²) in [6, 6.07) is 0.